The molecule has 28 heavy (non-hydrogen) atoms. The van der Waals surface area contributed by atoms with E-state index in [-0.39, 0.29) is 17.9 Å². The standard InChI is InChI=1S/C21H15ClF3NO2/c22-17-7-8-19(27)18(11-17)20(28)26-12-13-3-1-4-14(9-13)15-5-2-6-16(10-15)21(23,24)25/h1-11,27H,12H2,(H,26,28). The fraction of sp³-hybridized carbons (Fsp3) is 0.0952. The van der Waals surface area contributed by atoms with E-state index in [9.17, 15) is 23.1 Å². The Morgan fingerprint density at radius 3 is 2.36 bits per heavy atom. The van der Waals surface area contributed by atoms with Gasteiger partial charge in [0.1, 0.15) is 5.75 Å². The van der Waals surface area contributed by atoms with E-state index in [0.717, 1.165) is 12.1 Å². The van der Waals surface area contributed by atoms with Crippen molar-refractivity contribution in [3.63, 3.8) is 0 Å². The van der Waals surface area contributed by atoms with Crippen molar-refractivity contribution in [2.24, 2.45) is 0 Å². The average Bonchev–Trinajstić information content (AvgIpc) is 2.67. The molecule has 0 unspecified atom stereocenters. The number of hydrogen-bond donors (Lipinski definition) is 2. The molecule has 0 aliphatic carbocycles. The van der Waals surface area contributed by atoms with Gasteiger partial charge in [0.05, 0.1) is 11.1 Å². The number of halogens is 4. The van der Waals surface area contributed by atoms with E-state index in [2.05, 4.69) is 5.32 Å². The zero-order valence-electron chi connectivity index (χ0n) is 14.4. The van der Waals surface area contributed by atoms with Crippen LogP contribution in [0.25, 0.3) is 11.1 Å². The van der Waals surface area contributed by atoms with Gasteiger partial charge in [0, 0.05) is 11.6 Å². The molecule has 1 amide bonds. The smallest absolute Gasteiger partial charge is 0.416 e. The normalized spacial score (nSPS) is 11.3. The van der Waals surface area contributed by atoms with Crippen molar-refractivity contribution >= 4 is 17.5 Å². The summed E-state index contributed by atoms with van der Waals surface area (Å²) < 4.78 is 38.8. The number of amides is 1. The fourth-order valence-electron chi connectivity index (χ4n) is 2.70. The van der Waals surface area contributed by atoms with E-state index in [1.807, 2.05) is 0 Å². The molecule has 3 nitrogen and oxygen atoms in total. The van der Waals surface area contributed by atoms with Gasteiger partial charge in [-0.05, 0) is 53.1 Å². The van der Waals surface area contributed by atoms with Gasteiger partial charge in [0.15, 0.2) is 0 Å². The Kier molecular flexibility index (Phi) is 5.61. The van der Waals surface area contributed by atoms with Crippen LogP contribution in [0.2, 0.25) is 5.02 Å². The third-order valence-corrected chi connectivity index (χ3v) is 4.34. The van der Waals surface area contributed by atoms with Crippen LogP contribution >= 0.6 is 11.6 Å². The third kappa shape index (κ3) is 4.64. The first kappa shape index (κ1) is 19.8. The molecule has 0 heterocycles. The number of rotatable bonds is 4. The SMILES string of the molecule is O=C(NCc1cccc(-c2cccc(C(F)(F)F)c2)c1)c1cc(Cl)ccc1O. The van der Waals surface area contributed by atoms with Crippen LogP contribution in [0.3, 0.4) is 0 Å². The maximum absolute atomic E-state index is 12.9. The van der Waals surface area contributed by atoms with E-state index < -0.39 is 17.6 Å². The predicted octanol–water partition coefficient (Wildman–Crippen LogP) is 5.66. The summed E-state index contributed by atoms with van der Waals surface area (Å²) in [4.78, 5) is 12.2. The Labute approximate surface area is 164 Å². The Balaban J connectivity index is 1.77. The van der Waals surface area contributed by atoms with Gasteiger partial charge in [-0.15, -0.1) is 0 Å². The average molecular weight is 406 g/mol. The maximum atomic E-state index is 12.9. The highest BCUT2D eigenvalue weighted by Gasteiger charge is 2.30. The van der Waals surface area contributed by atoms with E-state index in [4.69, 9.17) is 11.6 Å². The Hall–Kier alpha value is -2.99. The summed E-state index contributed by atoms with van der Waals surface area (Å²) in [7, 11) is 0. The van der Waals surface area contributed by atoms with Crippen LogP contribution in [0.5, 0.6) is 5.75 Å². The molecule has 0 aliphatic heterocycles. The highest BCUT2D eigenvalue weighted by molar-refractivity contribution is 6.31. The highest BCUT2D eigenvalue weighted by Crippen LogP contribution is 2.32. The quantitative estimate of drug-likeness (QED) is 0.588. The summed E-state index contributed by atoms with van der Waals surface area (Å²) in [5.41, 5.74) is 1.05. The number of phenolic OH excluding ortho intramolecular Hbond substituents is 1. The summed E-state index contributed by atoms with van der Waals surface area (Å²) >= 11 is 5.84. The molecule has 3 aromatic carbocycles. The molecule has 3 aromatic rings. The van der Waals surface area contributed by atoms with Crippen molar-refractivity contribution in [3.8, 4) is 16.9 Å². The van der Waals surface area contributed by atoms with Crippen molar-refractivity contribution in [2.45, 2.75) is 12.7 Å². The number of alkyl halides is 3. The van der Waals surface area contributed by atoms with Gasteiger partial charge in [-0.1, -0.05) is 41.9 Å². The number of phenols is 1. The second-order valence-electron chi connectivity index (χ2n) is 6.12. The molecule has 0 aromatic heterocycles. The third-order valence-electron chi connectivity index (χ3n) is 4.11. The lowest BCUT2D eigenvalue weighted by molar-refractivity contribution is -0.137. The molecule has 144 valence electrons. The van der Waals surface area contributed by atoms with Crippen molar-refractivity contribution in [1.82, 2.24) is 5.32 Å². The Bertz CT molecular complexity index is 1020. The lowest BCUT2D eigenvalue weighted by Gasteiger charge is -2.11. The molecule has 2 N–H and O–H groups in total. The summed E-state index contributed by atoms with van der Waals surface area (Å²) in [6.07, 6.45) is -4.42. The van der Waals surface area contributed by atoms with Crippen molar-refractivity contribution in [3.05, 3.63) is 88.4 Å². The molecule has 0 saturated carbocycles. The van der Waals surface area contributed by atoms with Gasteiger partial charge in [-0.3, -0.25) is 4.79 Å². The van der Waals surface area contributed by atoms with Gasteiger partial charge < -0.3 is 10.4 Å². The first-order valence-electron chi connectivity index (χ1n) is 8.27. The van der Waals surface area contributed by atoms with Crippen LogP contribution < -0.4 is 5.32 Å². The maximum Gasteiger partial charge on any atom is 0.416 e. The number of hydrogen-bond acceptors (Lipinski definition) is 2. The monoisotopic (exact) mass is 405 g/mol. The molecule has 0 spiro atoms. The predicted molar refractivity (Wildman–Crippen MR) is 101 cm³/mol. The molecular formula is C21H15ClF3NO2. The number of nitrogens with one attached hydrogen (secondary N) is 1. The largest absolute Gasteiger partial charge is 0.507 e. The van der Waals surface area contributed by atoms with Crippen LogP contribution in [0.4, 0.5) is 13.2 Å². The molecule has 0 bridgehead atoms. The van der Waals surface area contributed by atoms with Crippen LogP contribution in [-0.4, -0.2) is 11.0 Å². The van der Waals surface area contributed by atoms with Gasteiger partial charge >= 0.3 is 6.18 Å². The summed E-state index contributed by atoms with van der Waals surface area (Å²) in [5, 5.41) is 12.8. The second-order valence-corrected chi connectivity index (χ2v) is 6.56. The molecular weight excluding hydrogens is 391 g/mol. The summed E-state index contributed by atoms with van der Waals surface area (Å²) in [5.74, 6) is -0.705. The number of carbonyl (C=O) groups excluding carboxylic acids is 1. The zero-order chi connectivity index (χ0) is 20.3. The zero-order valence-corrected chi connectivity index (χ0v) is 15.2. The van der Waals surface area contributed by atoms with Gasteiger partial charge in [-0.2, -0.15) is 13.2 Å². The van der Waals surface area contributed by atoms with Crippen molar-refractivity contribution < 1.29 is 23.1 Å². The minimum Gasteiger partial charge on any atom is -0.507 e. The van der Waals surface area contributed by atoms with Gasteiger partial charge in [0.2, 0.25) is 0 Å². The number of carbonyl (C=O) groups is 1. The first-order chi connectivity index (χ1) is 13.2. The lowest BCUT2D eigenvalue weighted by Crippen LogP contribution is -2.22. The second kappa shape index (κ2) is 7.94. The van der Waals surface area contributed by atoms with Crippen molar-refractivity contribution in [2.75, 3.05) is 0 Å². The van der Waals surface area contributed by atoms with Crippen LogP contribution in [0.15, 0.2) is 66.7 Å². The van der Waals surface area contributed by atoms with Crippen LogP contribution in [-0.2, 0) is 12.7 Å². The fourth-order valence-corrected chi connectivity index (χ4v) is 2.88. The molecule has 3 rings (SSSR count). The Morgan fingerprint density at radius 1 is 0.964 bits per heavy atom. The topological polar surface area (TPSA) is 49.3 Å². The highest BCUT2D eigenvalue weighted by atomic mass is 35.5. The molecule has 0 fully saturated rings. The molecule has 0 saturated heterocycles. The Morgan fingerprint density at radius 2 is 1.64 bits per heavy atom. The molecule has 7 heteroatoms. The number of benzene rings is 3. The van der Waals surface area contributed by atoms with E-state index in [0.29, 0.717) is 21.7 Å². The van der Waals surface area contributed by atoms with Crippen LogP contribution in [0.1, 0.15) is 21.5 Å². The van der Waals surface area contributed by atoms with E-state index in [1.54, 1.807) is 30.3 Å². The molecule has 0 atom stereocenters. The summed E-state index contributed by atoms with van der Waals surface area (Å²) in [6.45, 7) is 0.136. The lowest BCUT2D eigenvalue weighted by atomic mass is 10.0. The van der Waals surface area contributed by atoms with Crippen LogP contribution in [0, 0.1) is 0 Å². The number of aromatic hydroxyl groups is 1. The summed E-state index contributed by atoms with van der Waals surface area (Å²) in [6, 6.07) is 16.0. The van der Waals surface area contributed by atoms with Gasteiger partial charge in [0.25, 0.3) is 5.91 Å². The minimum absolute atomic E-state index is 0.0431. The van der Waals surface area contributed by atoms with Crippen molar-refractivity contribution in [1.29, 1.82) is 0 Å². The van der Waals surface area contributed by atoms with Gasteiger partial charge in [-0.25, -0.2) is 0 Å². The van der Waals surface area contributed by atoms with E-state index in [1.165, 1.54) is 24.3 Å². The first-order valence-corrected chi connectivity index (χ1v) is 8.65. The minimum atomic E-state index is -4.42. The van der Waals surface area contributed by atoms with E-state index >= 15 is 0 Å². The molecule has 0 radical (unpaired) electrons. The molecule has 0 aliphatic rings.